The van der Waals surface area contributed by atoms with Gasteiger partial charge in [0.15, 0.2) is 0 Å². The first kappa shape index (κ1) is 12.7. The van der Waals surface area contributed by atoms with Crippen molar-refractivity contribution in [3.63, 3.8) is 0 Å². The van der Waals surface area contributed by atoms with Crippen LogP contribution < -0.4 is 0 Å². The fraction of sp³-hybridized carbons (Fsp3) is 0.923. The van der Waals surface area contributed by atoms with E-state index in [9.17, 15) is 9.90 Å². The van der Waals surface area contributed by atoms with Crippen LogP contribution in [0.1, 0.15) is 40.0 Å². The van der Waals surface area contributed by atoms with Gasteiger partial charge in [-0.1, -0.05) is 0 Å². The van der Waals surface area contributed by atoms with Crippen molar-refractivity contribution >= 4 is 6.09 Å². The van der Waals surface area contributed by atoms with Gasteiger partial charge in [-0.25, -0.2) is 4.79 Å². The molecule has 0 aromatic rings. The molecule has 1 spiro atoms. The molecule has 2 fully saturated rings. The molecule has 1 saturated carbocycles. The number of aliphatic hydroxyl groups excluding tert-OH is 1. The van der Waals surface area contributed by atoms with Crippen molar-refractivity contribution in [1.29, 1.82) is 0 Å². The maximum absolute atomic E-state index is 12.0. The summed E-state index contributed by atoms with van der Waals surface area (Å²) in [5, 5.41) is 9.20. The Morgan fingerprint density at radius 2 is 2.24 bits per heavy atom. The molecular weight excluding hydrogens is 218 g/mol. The minimum atomic E-state index is -0.429. The van der Waals surface area contributed by atoms with Crippen molar-refractivity contribution in [3.05, 3.63) is 0 Å². The van der Waals surface area contributed by atoms with Crippen molar-refractivity contribution < 1.29 is 14.6 Å². The van der Waals surface area contributed by atoms with Gasteiger partial charge < -0.3 is 14.7 Å². The van der Waals surface area contributed by atoms with Gasteiger partial charge in [-0.3, -0.25) is 0 Å². The van der Waals surface area contributed by atoms with Crippen molar-refractivity contribution in [3.8, 4) is 0 Å². The molecule has 1 N–H and O–H groups in total. The summed E-state index contributed by atoms with van der Waals surface area (Å²) in [6.45, 7) is 7.46. The summed E-state index contributed by atoms with van der Waals surface area (Å²) in [4.78, 5) is 13.8. The number of ether oxygens (including phenoxy) is 1. The molecule has 0 bridgehead atoms. The molecular formula is C13H23NO3. The van der Waals surface area contributed by atoms with Crippen LogP contribution in [0.3, 0.4) is 0 Å². The lowest BCUT2D eigenvalue weighted by Crippen LogP contribution is -2.44. The molecule has 0 aromatic heterocycles. The quantitative estimate of drug-likeness (QED) is 0.764. The fourth-order valence-electron chi connectivity index (χ4n) is 2.83. The molecule has 2 rings (SSSR count). The summed E-state index contributed by atoms with van der Waals surface area (Å²) in [5.74, 6) is 0.396. The summed E-state index contributed by atoms with van der Waals surface area (Å²) in [6, 6.07) is 0. The largest absolute Gasteiger partial charge is 0.444 e. The first-order valence-electron chi connectivity index (χ1n) is 6.45. The summed E-state index contributed by atoms with van der Waals surface area (Å²) in [6.07, 6.45) is 3.01. The lowest BCUT2D eigenvalue weighted by atomic mass is 9.93. The number of piperidine rings is 1. The first-order valence-corrected chi connectivity index (χ1v) is 6.45. The Morgan fingerprint density at radius 3 is 2.76 bits per heavy atom. The molecule has 17 heavy (non-hydrogen) atoms. The Morgan fingerprint density at radius 1 is 1.53 bits per heavy atom. The number of hydrogen-bond donors (Lipinski definition) is 1. The third-order valence-corrected chi connectivity index (χ3v) is 3.84. The third kappa shape index (κ3) is 2.73. The highest BCUT2D eigenvalue weighted by molar-refractivity contribution is 5.68. The third-order valence-electron chi connectivity index (χ3n) is 3.84. The summed E-state index contributed by atoms with van der Waals surface area (Å²) in [7, 11) is 0. The summed E-state index contributed by atoms with van der Waals surface area (Å²) >= 11 is 0. The van der Waals surface area contributed by atoms with Gasteiger partial charge in [-0.2, -0.15) is 0 Å². The first-order chi connectivity index (χ1) is 7.86. The highest BCUT2D eigenvalue weighted by Crippen LogP contribution is 2.57. The number of carbonyl (C=O) groups excluding carboxylic acids is 1. The van der Waals surface area contributed by atoms with Gasteiger partial charge in [0.25, 0.3) is 0 Å². The number of amides is 1. The van der Waals surface area contributed by atoms with E-state index in [1.807, 2.05) is 25.7 Å². The Balaban J connectivity index is 1.92. The van der Waals surface area contributed by atoms with Crippen LogP contribution in [0, 0.1) is 11.3 Å². The molecule has 1 heterocycles. The lowest BCUT2D eigenvalue weighted by molar-refractivity contribution is 0.0128. The molecule has 4 heteroatoms. The molecule has 4 nitrogen and oxygen atoms in total. The zero-order valence-electron chi connectivity index (χ0n) is 11.0. The maximum atomic E-state index is 12.0. The lowest BCUT2D eigenvalue weighted by Gasteiger charge is -2.35. The number of carbonyl (C=O) groups is 1. The van der Waals surface area contributed by atoms with Gasteiger partial charge in [0.05, 0.1) is 0 Å². The predicted molar refractivity (Wildman–Crippen MR) is 64.7 cm³/mol. The number of nitrogens with zero attached hydrogens (tertiary/aromatic N) is 1. The smallest absolute Gasteiger partial charge is 0.410 e. The second-order valence-electron chi connectivity index (χ2n) is 6.45. The van der Waals surface area contributed by atoms with Crippen molar-refractivity contribution in [2.24, 2.45) is 11.3 Å². The van der Waals surface area contributed by atoms with Gasteiger partial charge >= 0.3 is 6.09 Å². The van der Waals surface area contributed by atoms with E-state index in [0.717, 1.165) is 32.4 Å². The van der Waals surface area contributed by atoms with E-state index in [2.05, 4.69) is 0 Å². The highest BCUT2D eigenvalue weighted by atomic mass is 16.6. The average molecular weight is 241 g/mol. The zero-order valence-corrected chi connectivity index (χ0v) is 11.0. The molecule has 0 radical (unpaired) electrons. The van der Waals surface area contributed by atoms with Crippen LogP contribution in [0.25, 0.3) is 0 Å². The SMILES string of the molecule is CC(C)(C)OC(=O)N1CCCC2(CC2CO)C1. The number of hydrogen-bond acceptors (Lipinski definition) is 3. The van der Waals surface area contributed by atoms with Gasteiger partial charge in [0.1, 0.15) is 5.60 Å². The van der Waals surface area contributed by atoms with Crippen LogP contribution in [-0.2, 0) is 4.74 Å². The van der Waals surface area contributed by atoms with E-state index in [0.29, 0.717) is 5.92 Å². The van der Waals surface area contributed by atoms with Crippen molar-refractivity contribution in [1.82, 2.24) is 4.90 Å². The predicted octanol–water partition coefficient (Wildman–Crippen LogP) is 2.02. The fourth-order valence-corrected chi connectivity index (χ4v) is 2.83. The van der Waals surface area contributed by atoms with Crippen LogP contribution in [0.2, 0.25) is 0 Å². The zero-order chi connectivity index (χ0) is 12.7. The Labute approximate surface area is 103 Å². The van der Waals surface area contributed by atoms with Gasteiger partial charge in [-0.05, 0) is 51.4 Å². The van der Waals surface area contributed by atoms with Crippen LogP contribution in [-0.4, -0.2) is 41.4 Å². The van der Waals surface area contributed by atoms with E-state index in [-0.39, 0.29) is 18.1 Å². The minimum absolute atomic E-state index is 0.198. The normalized spacial score (nSPS) is 32.7. The molecule has 98 valence electrons. The number of likely N-dealkylation sites (tertiary alicyclic amines) is 1. The van der Waals surface area contributed by atoms with Gasteiger partial charge in [-0.15, -0.1) is 0 Å². The molecule has 1 aliphatic carbocycles. The number of aliphatic hydroxyl groups is 1. The topological polar surface area (TPSA) is 49.8 Å². The maximum Gasteiger partial charge on any atom is 0.410 e. The average Bonchev–Trinajstić information content (AvgIpc) is 2.88. The monoisotopic (exact) mass is 241 g/mol. The van der Waals surface area contributed by atoms with E-state index in [4.69, 9.17) is 4.74 Å². The van der Waals surface area contributed by atoms with Crippen molar-refractivity contribution in [2.45, 2.75) is 45.6 Å². The second-order valence-corrected chi connectivity index (χ2v) is 6.45. The van der Waals surface area contributed by atoms with Crippen LogP contribution in [0.15, 0.2) is 0 Å². The molecule has 2 unspecified atom stereocenters. The van der Waals surface area contributed by atoms with Gasteiger partial charge in [0, 0.05) is 19.7 Å². The van der Waals surface area contributed by atoms with E-state index >= 15 is 0 Å². The van der Waals surface area contributed by atoms with Crippen LogP contribution in [0.5, 0.6) is 0 Å². The van der Waals surface area contributed by atoms with E-state index in [1.54, 1.807) is 0 Å². The molecule has 1 saturated heterocycles. The molecule has 2 atom stereocenters. The van der Waals surface area contributed by atoms with E-state index < -0.39 is 5.60 Å². The Bertz CT molecular complexity index is 310. The Kier molecular flexibility index (Phi) is 3.10. The summed E-state index contributed by atoms with van der Waals surface area (Å²) < 4.78 is 5.39. The Hall–Kier alpha value is -0.770. The standard InChI is InChI=1S/C13H23NO3/c1-12(2,3)17-11(16)14-6-4-5-13(9-14)7-10(13)8-15/h10,15H,4-9H2,1-3H3. The summed E-state index contributed by atoms with van der Waals surface area (Å²) in [5.41, 5.74) is -0.231. The van der Waals surface area contributed by atoms with E-state index in [1.165, 1.54) is 0 Å². The number of rotatable bonds is 1. The molecule has 1 amide bonds. The highest BCUT2D eigenvalue weighted by Gasteiger charge is 2.55. The van der Waals surface area contributed by atoms with Crippen molar-refractivity contribution in [2.75, 3.05) is 19.7 Å². The van der Waals surface area contributed by atoms with Gasteiger partial charge in [0.2, 0.25) is 0 Å². The minimum Gasteiger partial charge on any atom is -0.444 e. The molecule has 1 aliphatic heterocycles. The molecule has 2 aliphatic rings. The molecule has 0 aromatic carbocycles. The van der Waals surface area contributed by atoms with Crippen LogP contribution >= 0.6 is 0 Å². The second kappa shape index (κ2) is 4.16. The van der Waals surface area contributed by atoms with Crippen LogP contribution in [0.4, 0.5) is 4.79 Å².